The van der Waals surface area contributed by atoms with Gasteiger partial charge in [0.05, 0.1) is 13.2 Å². The number of amides is 1. The molecule has 4 rings (SSSR count). The Kier molecular flexibility index (Phi) is 7.24. The molecule has 0 spiro atoms. The Morgan fingerprint density at radius 1 is 1.12 bits per heavy atom. The molecule has 1 atom stereocenters. The van der Waals surface area contributed by atoms with E-state index in [4.69, 9.17) is 4.74 Å². The van der Waals surface area contributed by atoms with E-state index in [9.17, 15) is 9.90 Å². The van der Waals surface area contributed by atoms with E-state index in [1.807, 2.05) is 49.4 Å². The fourth-order valence-electron chi connectivity index (χ4n) is 4.25. The van der Waals surface area contributed by atoms with Crippen LogP contribution in [0.5, 0.6) is 11.5 Å². The number of aryl methyl sites for hydroxylation is 1. The Bertz CT molecular complexity index is 1080. The van der Waals surface area contributed by atoms with Gasteiger partial charge in [0.15, 0.2) is 17.3 Å². The molecule has 0 saturated carbocycles. The van der Waals surface area contributed by atoms with Gasteiger partial charge in [-0.1, -0.05) is 42.5 Å². The van der Waals surface area contributed by atoms with Gasteiger partial charge < -0.3 is 19.7 Å². The normalized spacial score (nSPS) is 14.8. The number of carbonyl (C=O) groups excluding carboxylic acids is 1. The number of nitrogens with one attached hydrogen (secondary N) is 1. The van der Waals surface area contributed by atoms with E-state index in [-0.39, 0.29) is 17.7 Å². The number of ether oxygens (including phenoxy) is 1. The van der Waals surface area contributed by atoms with E-state index in [1.165, 1.54) is 0 Å². The lowest BCUT2D eigenvalue weighted by atomic mass is 10.1. The first-order valence-corrected chi connectivity index (χ1v) is 11.4. The number of carbonyl (C=O) groups is 1. The van der Waals surface area contributed by atoms with Crippen LogP contribution in [0.3, 0.4) is 0 Å². The average molecular weight is 450 g/mol. The van der Waals surface area contributed by atoms with Crippen LogP contribution in [0.25, 0.3) is 0 Å². The second-order valence-electron chi connectivity index (χ2n) is 8.40. The van der Waals surface area contributed by atoms with E-state index in [1.54, 1.807) is 13.2 Å². The standard InChI is InChI=1S/C25H31N5O3/c1-18(26-23(31)12-11-19-7-4-3-5-8-19)25-28-27-22-13-14-29(15-16-30(22)25)17-20-9-6-10-21(33-2)24(20)32/h3-10,18,32H,11-17H2,1-2H3,(H,26,31). The summed E-state index contributed by atoms with van der Waals surface area (Å²) in [5.41, 5.74) is 1.99. The third kappa shape index (κ3) is 5.51. The summed E-state index contributed by atoms with van der Waals surface area (Å²) in [5.74, 6) is 2.39. The number of nitrogens with zero attached hydrogens (tertiary/aromatic N) is 4. The monoisotopic (exact) mass is 449 g/mol. The summed E-state index contributed by atoms with van der Waals surface area (Å²) >= 11 is 0. The number of hydrogen-bond donors (Lipinski definition) is 2. The molecule has 8 nitrogen and oxygen atoms in total. The zero-order valence-electron chi connectivity index (χ0n) is 19.2. The minimum absolute atomic E-state index is 0.00690. The van der Waals surface area contributed by atoms with Crippen molar-refractivity contribution in [1.29, 1.82) is 0 Å². The highest BCUT2D eigenvalue weighted by molar-refractivity contribution is 5.76. The van der Waals surface area contributed by atoms with Crippen molar-refractivity contribution < 1.29 is 14.6 Å². The van der Waals surface area contributed by atoms with Crippen LogP contribution in [-0.2, 0) is 30.7 Å². The first kappa shape index (κ1) is 22.8. The molecule has 1 unspecified atom stereocenters. The largest absolute Gasteiger partial charge is 0.504 e. The lowest BCUT2D eigenvalue weighted by Gasteiger charge is -2.21. The third-order valence-electron chi connectivity index (χ3n) is 6.09. The SMILES string of the molecule is COc1cccc(CN2CCc3nnc(C(C)NC(=O)CCc4ccccc4)n3CC2)c1O. The summed E-state index contributed by atoms with van der Waals surface area (Å²) < 4.78 is 7.35. The van der Waals surface area contributed by atoms with Gasteiger partial charge in [0.2, 0.25) is 5.91 Å². The molecule has 1 aliphatic heterocycles. The number of para-hydroxylation sites is 1. The highest BCUT2D eigenvalue weighted by Crippen LogP contribution is 2.30. The van der Waals surface area contributed by atoms with Gasteiger partial charge in [-0.2, -0.15) is 0 Å². The van der Waals surface area contributed by atoms with Crippen molar-refractivity contribution in [2.45, 2.75) is 45.3 Å². The van der Waals surface area contributed by atoms with Crippen LogP contribution < -0.4 is 10.1 Å². The molecular weight excluding hydrogens is 418 g/mol. The first-order valence-electron chi connectivity index (χ1n) is 11.4. The summed E-state index contributed by atoms with van der Waals surface area (Å²) in [6, 6.07) is 15.4. The number of aromatic hydroxyl groups is 1. The molecule has 0 aliphatic carbocycles. The Labute approximate surface area is 194 Å². The second-order valence-corrected chi connectivity index (χ2v) is 8.40. The molecular formula is C25H31N5O3. The van der Waals surface area contributed by atoms with Crippen molar-refractivity contribution >= 4 is 5.91 Å². The predicted molar refractivity (Wildman–Crippen MR) is 125 cm³/mol. The molecule has 3 aromatic rings. The summed E-state index contributed by atoms with van der Waals surface area (Å²) in [6.07, 6.45) is 1.91. The molecule has 0 fully saturated rings. The van der Waals surface area contributed by atoms with Crippen LogP contribution in [-0.4, -0.2) is 50.9 Å². The zero-order valence-corrected chi connectivity index (χ0v) is 19.2. The van der Waals surface area contributed by atoms with Gasteiger partial charge >= 0.3 is 0 Å². The van der Waals surface area contributed by atoms with Gasteiger partial charge in [-0.15, -0.1) is 10.2 Å². The van der Waals surface area contributed by atoms with Crippen LogP contribution in [0.15, 0.2) is 48.5 Å². The van der Waals surface area contributed by atoms with E-state index < -0.39 is 0 Å². The van der Waals surface area contributed by atoms with E-state index >= 15 is 0 Å². The molecule has 0 saturated heterocycles. The zero-order chi connectivity index (χ0) is 23.2. The van der Waals surface area contributed by atoms with Crippen molar-refractivity contribution in [3.63, 3.8) is 0 Å². The van der Waals surface area contributed by atoms with Crippen molar-refractivity contribution in [3.8, 4) is 11.5 Å². The molecule has 2 N–H and O–H groups in total. The average Bonchev–Trinajstić information content (AvgIpc) is 3.14. The number of methoxy groups -OCH3 is 1. The third-order valence-corrected chi connectivity index (χ3v) is 6.09. The van der Waals surface area contributed by atoms with Gasteiger partial charge in [-0.25, -0.2) is 0 Å². The maximum absolute atomic E-state index is 12.5. The molecule has 2 heterocycles. The summed E-state index contributed by atoms with van der Waals surface area (Å²) in [6.45, 7) is 4.92. The number of fused-ring (bicyclic) bond motifs is 1. The smallest absolute Gasteiger partial charge is 0.220 e. The molecule has 2 aromatic carbocycles. The van der Waals surface area contributed by atoms with Crippen LogP contribution in [0.2, 0.25) is 0 Å². The number of rotatable bonds is 8. The number of phenolic OH excluding ortho intramolecular Hbond substituents is 1. The van der Waals surface area contributed by atoms with Crippen LogP contribution in [0.1, 0.15) is 42.2 Å². The van der Waals surface area contributed by atoms with Crippen molar-refractivity contribution in [3.05, 3.63) is 71.3 Å². The molecule has 1 amide bonds. The highest BCUT2D eigenvalue weighted by Gasteiger charge is 2.23. The minimum Gasteiger partial charge on any atom is -0.504 e. The van der Waals surface area contributed by atoms with Crippen molar-refractivity contribution in [2.75, 3.05) is 20.2 Å². The Morgan fingerprint density at radius 3 is 2.73 bits per heavy atom. The van der Waals surface area contributed by atoms with Crippen LogP contribution >= 0.6 is 0 Å². The fraction of sp³-hybridized carbons (Fsp3) is 0.400. The van der Waals surface area contributed by atoms with Crippen LogP contribution in [0, 0.1) is 0 Å². The number of hydrogen-bond acceptors (Lipinski definition) is 6. The lowest BCUT2D eigenvalue weighted by Crippen LogP contribution is -2.30. The predicted octanol–water partition coefficient (Wildman–Crippen LogP) is 2.86. The molecule has 0 radical (unpaired) electrons. The maximum Gasteiger partial charge on any atom is 0.220 e. The number of phenols is 1. The van der Waals surface area contributed by atoms with E-state index in [0.717, 1.165) is 48.8 Å². The van der Waals surface area contributed by atoms with E-state index in [2.05, 4.69) is 25.0 Å². The van der Waals surface area contributed by atoms with E-state index in [0.29, 0.717) is 25.1 Å². The molecule has 1 aromatic heterocycles. The van der Waals surface area contributed by atoms with Gasteiger partial charge in [0, 0.05) is 44.6 Å². The summed E-state index contributed by atoms with van der Waals surface area (Å²) in [4.78, 5) is 14.8. The molecule has 33 heavy (non-hydrogen) atoms. The summed E-state index contributed by atoms with van der Waals surface area (Å²) in [7, 11) is 1.56. The summed E-state index contributed by atoms with van der Waals surface area (Å²) in [5, 5.41) is 22.3. The van der Waals surface area contributed by atoms with Crippen LogP contribution in [0.4, 0.5) is 0 Å². The Hall–Kier alpha value is -3.39. The second kappa shape index (κ2) is 10.5. The van der Waals surface area contributed by atoms with Crippen molar-refractivity contribution in [1.82, 2.24) is 25.0 Å². The minimum atomic E-state index is -0.219. The highest BCUT2D eigenvalue weighted by atomic mass is 16.5. The molecule has 174 valence electrons. The lowest BCUT2D eigenvalue weighted by molar-refractivity contribution is -0.121. The van der Waals surface area contributed by atoms with Gasteiger partial charge in [-0.05, 0) is 25.0 Å². The topological polar surface area (TPSA) is 92.5 Å². The quantitative estimate of drug-likeness (QED) is 0.549. The van der Waals surface area contributed by atoms with Gasteiger partial charge in [-0.3, -0.25) is 9.69 Å². The molecule has 0 bridgehead atoms. The number of aromatic nitrogens is 3. The first-order chi connectivity index (χ1) is 16.0. The number of benzene rings is 2. The maximum atomic E-state index is 12.5. The molecule has 1 aliphatic rings. The van der Waals surface area contributed by atoms with Gasteiger partial charge in [0.1, 0.15) is 5.82 Å². The van der Waals surface area contributed by atoms with Gasteiger partial charge in [0.25, 0.3) is 0 Å². The Morgan fingerprint density at radius 2 is 1.94 bits per heavy atom. The Balaban J connectivity index is 1.35. The van der Waals surface area contributed by atoms with Crippen molar-refractivity contribution in [2.24, 2.45) is 0 Å². The molecule has 8 heteroatoms. The fourth-order valence-corrected chi connectivity index (χ4v) is 4.25.